The van der Waals surface area contributed by atoms with Crippen molar-refractivity contribution < 1.29 is 32.3 Å². The van der Waals surface area contributed by atoms with Gasteiger partial charge < -0.3 is 15.0 Å². The van der Waals surface area contributed by atoms with E-state index in [0.29, 0.717) is 0 Å². The Morgan fingerprint density at radius 1 is 1.36 bits per heavy atom. The fourth-order valence-corrected chi connectivity index (χ4v) is 2.30. The lowest BCUT2D eigenvalue weighted by atomic mass is 9.81. The third-order valence-corrected chi connectivity index (χ3v) is 3.39. The van der Waals surface area contributed by atoms with Crippen LogP contribution in [0.15, 0.2) is 11.3 Å². The average Bonchev–Trinajstić information content (AvgIpc) is 2.34. The van der Waals surface area contributed by atoms with Crippen LogP contribution in [0.3, 0.4) is 0 Å². The molecule has 22 heavy (non-hydrogen) atoms. The topological polar surface area (TPSA) is 75.7 Å². The number of urea groups is 1. The largest absolute Gasteiger partial charge is 0.463 e. The summed E-state index contributed by atoms with van der Waals surface area (Å²) in [6, 6.07) is -1.05. The number of carbonyl (C=O) groups excluding carboxylic acids is 3. The maximum atomic E-state index is 13.7. The lowest BCUT2D eigenvalue weighted by Crippen LogP contribution is -2.67. The van der Waals surface area contributed by atoms with Crippen LogP contribution in [0, 0.1) is 0 Å². The van der Waals surface area contributed by atoms with Crippen LogP contribution < -0.4 is 5.32 Å². The van der Waals surface area contributed by atoms with E-state index in [2.05, 4.69) is 4.74 Å². The van der Waals surface area contributed by atoms with Crippen molar-refractivity contribution >= 4 is 17.8 Å². The van der Waals surface area contributed by atoms with Gasteiger partial charge in [0.25, 0.3) is 0 Å². The molecule has 124 valence electrons. The van der Waals surface area contributed by atoms with E-state index in [1.165, 1.54) is 20.9 Å². The molecule has 1 rings (SSSR count). The van der Waals surface area contributed by atoms with Crippen molar-refractivity contribution in [1.82, 2.24) is 10.2 Å². The minimum absolute atomic E-state index is 0.138. The molecular formula is C13H17F3N2O4. The number of nitrogens with zero attached hydrogens (tertiary/aromatic N) is 1. The number of alkyl halides is 3. The number of ether oxygens (including phenoxy) is 1. The summed E-state index contributed by atoms with van der Waals surface area (Å²) in [4.78, 5) is 36.0. The highest BCUT2D eigenvalue weighted by molar-refractivity contribution is 5.98. The van der Waals surface area contributed by atoms with E-state index in [4.69, 9.17) is 0 Å². The number of halogens is 3. The number of hydrogen-bond donors (Lipinski definition) is 1. The zero-order chi connectivity index (χ0) is 17.3. The van der Waals surface area contributed by atoms with Gasteiger partial charge in [0.2, 0.25) is 0 Å². The summed E-state index contributed by atoms with van der Waals surface area (Å²) in [6.07, 6.45) is -6.12. The molecule has 0 spiro atoms. The van der Waals surface area contributed by atoms with Crippen LogP contribution in [0.5, 0.6) is 0 Å². The van der Waals surface area contributed by atoms with E-state index < -0.39 is 41.5 Å². The van der Waals surface area contributed by atoms with Gasteiger partial charge in [-0.3, -0.25) is 4.79 Å². The molecule has 0 saturated carbocycles. The maximum absolute atomic E-state index is 13.7. The molecule has 2 amide bonds. The Morgan fingerprint density at radius 3 is 2.32 bits per heavy atom. The standard InChI is InChI=1S/C13H17F3N2O4/c1-5-22-10(20)9-8(3)18(4)11(21)17-12(9,6-7(2)19)13(14,15)16/h5-6H2,1-4H3,(H,17,21)/t12-/m0/s1. The Labute approximate surface area is 125 Å². The van der Waals surface area contributed by atoms with Gasteiger partial charge in [0.1, 0.15) is 5.78 Å². The Balaban J connectivity index is 3.64. The van der Waals surface area contributed by atoms with Gasteiger partial charge in [-0.2, -0.15) is 13.2 Å². The molecule has 1 aliphatic heterocycles. The third kappa shape index (κ3) is 2.93. The Hall–Kier alpha value is -2.06. The molecule has 0 radical (unpaired) electrons. The first-order valence-electron chi connectivity index (χ1n) is 6.48. The highest BCUT2D eigenvalue weighted by Gasteiger charge is 2.63. The number of hydrogen-bond acceptors (Lipinski definition) is 4. The molecule has 0 aromatic heterocycles. The second-order valence-electron chi connectivity index (χ2n) is 4.95. The number of rotatable bonds is 4. The maximum Gasteiger partial charge on any atom is 0.416 e. The molecule has 6 nitrogen and oxygen atoms in total. The zero-order valence-corrected chi connectivity index (χ0v) is 12.6. The van der Waals surface area contributed by atoms with E-state index >= 15 is 0 Å². The van der Waals surface area contributed by atoms with Crippen molar-refractivity contribution in [3.8, 4) is 0 Å². The SMILES string of the molecule is CCOC(=O)C1=C(C)N(C)C(=O)N[C@]1(CC(C)=O)C(F)(F)F. The van der Waals surface area contributed by atoms with E-state index in [-0.39, 0.29) is 12.3 Å². The van der Waals surface area contributed by atoms with Gasteiger partial charge in [0.15, 0.2) is 5.54 Å². The summed E-state index contributed by atoms with van der Waals surface area (Å²) in [5.41, 5.74) is -4.07. The Morgan fingerprint density at radius 2 is 1.91 bits per heavy atom. The molecule has 0 aliphatic carbocycles. The highest BCUT2D eigenvalue weighted by Crippen LogP contribution is 2.43. The molecule has 1 heterocycles. The summed E-state index contributed by atoms with van der Waals surface area (Å²) in [5, 5.41) is 1.75. The van der Waals surface area contributed by atoms with E-state index in [1.54, 1.807) is 5.32 Å². The minimum atomic E-state index is -5.04. The average molecular weight is 322 g/mol. The lowest BCUT2D eigenvalue weighted by molar-refractivity contribution is -0.191. The van der Waals surface area contributed by atoms with Gasteiger partial charge >= 0.3 is 18.2 Å². The van der Waals surface area contributed by atoms with Crippen molar-refractivity contribution in [2.24, 2.45) is 0 Å². The molecule has 0 bridgehead atoms. The smallest absolute Gasteiger partial charge is 0.416 e. The first kappa shape index (κ1) is 18.0. The van der Waals surface area contributed by atoms with Gasteiger partial charge in [-0.05, 0) is 20.8 Å². The predicted octanol–water partition coefficient (Wildman–Crippen LogP) is 1.76. The van der Waals surface area contributed by atoms with E-state index in [1.807, 2.05) is 0 Å². The normalized spacial score (nSPS) is 22.5. The van der Waals surface area contributed by atoms with Gasteiger partial charge in [-0.15, -0.1) is 0 Å². The summed E-state index contributed by atoms with van der Waals surface area (Å²) < 4.78 is 45.6. The number of nitrogens with one attached hydrogen (secondary N) is 1. The molecule has 9 heteroatoms. The second-order valence-corrected chi connectivity index (χ2v) is 4.95. The monoisotopic (exact) mass is 322 g/mol. The number of amides is 2. The Bertz CT molecular complexity index is 542. The summed E-state index contributed by atoms with van der Waals surface area (Å²) in [6.45, 7) is 3.46. The van der Waals surface area contributed by atoms with Gasteiger partial charge in [-0.25, -0.2) is 9.59 Å². The number of ketones is 1. The number of allylic oxidation sites excluding steroid dienone is 1. The fourth-order valence-electron chi connectivity index (χ4n) is 2.30. The molecule has 0 aromatic rings. The van der Waals surface area contributed by atoms with Crippen molar-refractivity contribution in [3.63, 3.8) is 0 Å². The van der Waals surface area contributed by atoms with Crippen LogP contribution in [0.4, 0.5) is 18.0 Å². The van der Waals surface area contributed by atoms with Gasteiger partial charge in [0.05, 0.1) is 12.2 Å². The number of esters is 1. The number of Topliss-reactive ketones (excluding diaryl/α,β-unsaturated/α-hetero) is 1. The fraction of sp³-hybridized carbons (Fsp3) is 0.615. The van der Waals surface area contributed by atoms with E-state index in [9.17, 15) is 27.6 Å². The molecule has 0 fully saturated rings. The minimum Gasteiger partial charge on any atom is -0.463 e. The molecule has 0 unspecified atom stereocenters. The third-order valence-electron chi connectivity index (χ3n) is 3.39. The van der Waals surface area contributed by atoms with Crippen molar-refractivity contribution in [2.75, 3.05) is 13.7 Å². The van der Waals surface area contributed by atoms with Crippen molar-refractivity contribution in [1.29, 1.82) is 0 Å². The zero-order valence-electron chi connectivity index (χ0n) is 12.6. The molecule has 1 aliphatic rings. The van der Waals surface area contributed by atoms with Gasteiger partial charge in [0, 0.05) is 19.2 Å². The van der Waals surface area contributed by atoms with E-state index in [0.717, 1.165) is 11.8 Å². The molecular weight excluding hydrogens is 305 g/mol. The van der Waals surface area contributed by atoms with Crippen LogP contribution in [-0.2, 0) is 14.3 Å². The van der Waals surface area contributed by atoms with Crippen LogP contribution >= 0.6 is 0 Å². The highest BCUT2D eigenvalue weighted by atomic mass is 19.4. The summed E-state index contributed by atoms with van der Waals surface area (Å²) >= 11 is 0. The molecule has 0 saturated heterocycles. The second kappa shape index (κ2) is 5.98. The first-order chi connectivity index (χ1) is 9.98. The van der Waals surface area contributed by atoms with Crippen LogP contribution in [-0.4, -0.2) is 48.1 Å². The van der Waals surface area contributed by atoms with Crippen LogP contribution in [0.25, 0.3) is 0 Å². The van der Waals surface area contributed by atoms with Gasteiger partial charge in [-0.1, -0.05) is 0 Å². The summed E-state index contributed by atoms with van der Waals surface area (Å²) in [5.74, 6) is -2.04. The molecule has 1 atom stereocenters. The first-order valence-corrected chi connectivity index (χ1v) is 6.48. The Kier molecular flexibility index (Phi) is 4.89. The summed E-state index contributed by atoms with van der Waals surface area (Å²) in [7, 11) is 1.22. The van der Waals surface area contributed by atoms with Crippen molar-refractivity contribution in [2.45, 2.75) is 38.9 Å². The lowest BCUT2D eigenvalue weighted by Gasteiger charge is -2.43. The predicted molar refractivity (Wildman–Crippen MR) is 69.7 cm³/mol. The number of carbonyl (C=O) groups is 3. The molecule has 0 aromatic carbocycles. The quantitative estimate of drug-likeness (QED) is 0.800. The van der Waals surface area contributed by atoms with Crippen LogP contribution in [0.1, 0.15) is 27.2 Å². The van der Waals surface area contributed by atoms with Crippen LogP contribution in [0.2, 0.25) is 0 Å². The van der Waals surface area contributed by atoms with Crippen molar-refractivity contribution in [3.05, 3.63) is 11.3 Å². The molecule has 1 N–H and O–H groups in total.